The molecule has 0 spiro atoms. The van der Waals surface area contributed by atoms with Crippen molar-refractivity contribution < 1.29 is 9.47 Å². The van der Waals surface area contributed by atoms with Crippen LogP contribution in [0.5, 0.6) is 11.5 Å². The first-order chi connectivity index (χ1) is 8.69. The molecule has 0 saturated heterocycles. The average molecular weight is 246 g/mol. The Morgan fingerprint density at radius 3 is 2.50 bits per heavy atom. The summed E-state index contributed by atoms with van der Waals surface area (Å²) in [4.78, 5) is 0. The van der Waals surface area contributed by atoms with Crippen molar-refractivity contribution >= 4 is 0 Å². The summed E-state index contributed by atoms with van der Waals surface area (Å²) < 4.78 is 13.0. The van der Waals surface area contributed by atoms with Crippen molar-refractivity contribution in [2.24, 2.45) is 7.05 Å². The maximum atomic E-state index is 5.69. The Balaban J connectivity index is 1.99. The highest BCUT2D eigenvalue weighted by Gasteiger charge is 2.03. The second-order valence-corrected chi connectivity index (χ2v) is 4.10. The molecule has 0 aliphatic rings. The van der Waals surface area contributed by atoms with Gasteiger partial charge in [0.15, 0.2) is 0 Å². The topological polar surface area (TPSA) is 36.3 Å². The van der Waals surface area contributed by atoms with Crippen molar-refractivity contribution in [2.75, 3.05) is 6.61 Å². The summed E-state index contributed by atoms with van der Waals surface area (Å²) in [6.45, 7) is 5.11. The van der Waals surface area contributed by atoms with Crippen LogP contribution in [-0.2, 0) is 13.7 Å². The second-order valence-electron chi connectivity index (χ2n) is 4.10. The molecular formula is C14H18N2O2. The van der Waals surface area contributed by atoms with Gasteiger partial charge >= 0.3 is 0 Å². The fraction of sp³-hybridized carbons (Fsp3) is 0.357. The van der Waals surface area contributed by atoms with Gasteiger partial charge in [0.1, 0.15) is 23.8 Å². The smallest absolute Gasteiger partial charge is 0.132 e. The molecule has 0 saturated carbocycles. The first-order valence-corrected chi connectivity index (χ1v) is 6.04. The van der Waals surface area contributed by atoms with Crippen LogP contribution in [0.2, 0.25) is 0 Å². The number of aromatic nitrogens is 2. The molecule has 2 aromatic rings. The molecular weight excluding hydrogens is 228 g/mol. The molecule has 1 aromatic heterocycles. The summed E-state index contributed by atoms with van der Waals surface area (Å²) in [6.07, 6.45) is 0. The molecule has 1 heterocycles. The maximum absolute atomic E-state index is 5.69. The minimum absolute atomic E-state index is 0.470. The Kier molecular flexibility index (Phi) is 3.87. The van der Waals surface area contributed by atoms with E-state index < -0.39 is 0 Å². The first kappa shape index (κ1) is 12.5. The molecule has 18 heavy (non-hydrogen) atoms. The van der Waals surface area contributed by atoms with Gasteiger partial charge in [-0.3, -0.25) is 4.68 Å². The van der Waals surface area contributed by atoms with Crippen molar-refractivity contribution in [3.05, 3.63) is 41.7 Å². The van der Waals surface area contributed by atoms with E-state index in [-0.39, 0.29) is 0 Å². The monoisotopic (exact) mass is 246 g/mol. The first-order valence-electron chi connectivity index (χ1n) is 6.04. The Morgan fingerprint density at radius 1 is 1.17 bits per heavy atom. The normalized spacial score (nSPS) is 10.4. The van der Waals surface area contributed by atoms with Crippen molar-refractivity contribution in [1.82, 2.24) is 9.78 Å². The van der Waals surface area contributed by atoms with Crippen LogP contribution in [0, 0.1) is 6.92 Å². The third kappa shape index (κ3) is 3.03. The number of ether oxygens (including phenoxy) is 2. The minimum Gasteiger partial charge on any atom is -0.494 e. The molecule has 96 valence electrons. The van der Waals surface area contributed by atoms with Gasteiger partial charge in [-0.25, -0.2) is 0 Å². The van der Waals surface area contributed by atoms with E-state index in [0.29, 0.717) is 13.2 Å². The van der Waals surface area contributed by atoms with Gasteiger partial charge in [-0.1, -0.05) is 6.07 Å². The van der Waals surface area contributed by atoms with Crippen molar-refractivity contribution in [2.45, 2.75) is 20.5 Å². The zero-order valence-corrected chi connectivity index (χ0v) is 11.0. The quantitative estimate of drug-likeness (QED) is 0.813. The fourth-order valence-corrected chi connectivity index (χ4v) is 1.68. The lowest BCUT2D eigenvalue weighted by Gasteiger charge is -2.07. The summed E-state index contributed by atoms with van der Waals surface area (Å²) in [5.41, 5.74) is 2.05. The van der Waals surface area contributed by atoms with Gasteiger partial charge in [0, 0.05) is 18.8 Å². The van der Waals surface area contributed by atoms with Gasteiger partial charge in [0.25, 0.3) is 0 Å². The van der Waals surface area contributed by atoms with Crippen molar-refractivity contribution in [3.63, 3.8) is 0 Å². The predicted octanol–water partition coefficient (Wildman–Crippen LogP) is 2.71. The summed E-state index contributed by atoms with van der Waals surface area (Å²) >= 11 is 0. The molecule has 0 fully saturated rings. The van der Waals surface area contributed by atoms with Gasteiger partial charge < -0.3 is 9.47 Å². The molecule has 0 unspecified atom stereocenters. The SMILES string of the molecule is CCOc1cccc(OCc2cc(C)n(C)n2)c1. The number of hydrogen-bond donors (Lipinski definition) is 0. The highest BCUT2D eigenvalue weighted by atomic mass is 16.5. The number of hydrogen-bond acceptors (Lipinski definition) is 3. The molecule has 0 atom stereocenters. The molecule has 0 aliphatic heterocycles. The van der Waals surface area contributed by atoms with Gasteiger partial charge in [0.05, 0.1) is 6.61 Å². The number of rotatable bonds is 5. The lowest BCUT2D eigenvalue weighted by Crippen LogP contribution is -1.99. The third-order valence-corrected chi connectivity index (χ3v) is 2.67. The Hall–Kier alpha value is -1.97. The molecule has 0 radical (unpaired) electrons. The second kappa shape index (κ2) is 5.58. The molecule has 2 rings (SSSR count). The van der Waals surface area contributed by atoms with Crippen LogP contribution < -0.4 is 9.47 Å². The standard InChI is InChI=1S/C14H18N2O2/c1-4-17-13-6-5-7-14(9-13)18-10-12-8-11(2)16(3)15-12/h5-9H,4,10H2,1-3H3. The van der Waals surface area contributed by atoms with Gasteiger partial charge in [-0.05, 0) is 32.0 Å². The third-order valence-electron chi connectivity index (χ3n) is 2.67. The molecule has 4 heteroatoms. The highest BCUT2D eigenvalue weighted by molar-refractivity contribution is 5.33. The zero-order chi connectivity index (χ0) is 13.0. The van der Waals surface area contributed by atoms with Crippen LogP contribution >= 0.6 is 0 Å². The van der Waals surface area contributed by atoms with Crippen molar-refractivity contribution in [3.8, 4) is 11.5 Å². The van der Waals surface area contributed by atoms with E-state index in [1.807, 2.05) is 55.9 Å². The van der Waals surface area contributed by atoms with Crippen LogP contribution in [0.25, 0.3) is 0 Å². The lowest BCUT2D eigenvalue weighted by atomic mass is 10.3. The van der Waals surface area contributed by atoms with Crippen LogP contribution in [0.4, 0.5) is 0 Å². The molecule has 0 bridgehead atoms. The van der Waals surface area contributed by atoms with Crippen molar-refractivity contribution in [1.29, 1.82) is 0 Å². The minimum atomic E-state index is 0.470. The lowest BCUT2D eigenvalue weighted by molar-refractivity contribution is 0.294. The van der Waals surface area contributed by atoms with E-state index in [1.54, 1.807) is 0 Å². The van der Waals surface area contributed by atoms with Gasteiger partial charge in [0.2, 0.25) is 0 Å². The van der Waals surface area contributed by atoms with Gasteiger partial charge in [-0.2, -0.15) is 5.10 Å². The number of benzene rings is 1. The molecule has 0 aliphatic carbocycles. The van der Waals surface area contributed by atoms with E-state index in [1.165, 1.54) is 0 Å². The Morgan fingerprint density at radius 2 is 1.89 bits per heavy atom. The summed E-state index contributed by atoms with van der Waals surface area (Å²) in [7, 11) is 1.93. The maximum Gasteiger partial charge on any atom is 0.132 e. The number of nitrogens with zero attached hydrogens (tertiary/aromatic N) is 2. The Bertz CT molecular complexity index is 501. The summed E-state index contributed by atoms with van der Waals surface area (Å²) in [6, 6.07) is 9.66. The van der Waals surface area contributed by atoms with Gasteiger partial charge in [-0.15, -0.1) is 0 Å². The summed E-state index contributed by atoms with van der Waals surface area (Å²) in [5, 5.41) is 4.34. The molecule has 0 amide bonds. The van der Waals surface area contributed by atoms with Crippen LogP contribution in [0.1, 0.15) is 18.3 Å². The van der Waals surface area contributed by atoms with E-state index in [0.717, 1.165) is 22.9 Å². The predicted molar refractivity (Wildman–Crippen MR) is 69.9 cm³/mol. The molecule has 4 nitrogen and oxygen atoms in total. The van der Waals surface area contributed by atoms with E-state index in [9.17, 15) is 0 Å². The van der Waals surface area contributed by atoms with Crippen LogP contribution in [0.3, 0.4) is 0 Å². The molecule has 0 N–H and O–H groups in total. The van der Waals surface area contributed by atoms with E-state index >= 15 is 0 Å². The largest absolute Gasteiger partial charge is 0.494 e. The average Bonchev–Trinajstić information content (AvgIpc) is 2.67. The van der Waals surface area contributed by atoms with E-state index in [2.05, 4.69) is 5.10 Å². The fourth-order valence-electron chi connectivity index (χ4n) is 1.68. The zero-order valence-electron chi connectivity index (χ0n) is 11.0. The number of aryl methyl sites for hydroxylation is 2. The highest BCUT2D eigenvalue weighted by Crippen LogP contribution is 2.20. The summed E-state index contributed by atoms with van der Waals surface area (Å²) in [5.74, 6) is 1.62. The van der Waals surface area contributed by atoms with E-state index in [4.69, 9.17) is 9.47 Å². The van der Waals surface area contributed by atoms with Crippen LogP contribution in [-0.4, -0.2) is 16.4 Å². The molecule has 1 aromatic carbocycles. The Labute approximate surface area is 107 Å². The van der Waals surface area contributed by atoms with Crippen LogP contribution in [0.15, 0.2) is 30.3 Å².